The molecule has 1 atom stereocenters. The zero-order chi connectivity index (χ0) is 22.8. The number of rotatable bonds is 6. The third-order valence-corrected chi connectivity index (χ3v) is 7.40. The second kappa shape index (κ2) is 9.48. The van der Waals surface area contributed by atoms with Gasteiger partial charge in [0.2, 0.25) is 11.8 Å². The zero-order valence-electron chi connectivity index (χ0n) is 18.9. The molecule has 2 aliphatic heterocycles. The summed E-state index contributed by atoms with van der Waals surface area (Å²) in [5, 5.41) is 6.07. The number of piperidine rings is 1. The highest BCUT2D eigenvalue weighted by atomic mass is 16.2. The van der Waals surface area contributed by atoms with Crippen LogP contribution in [0.5, 0.6) is 0 Å². The molecule has 6 heteroatoms. The van der Waals surface area contributed by atoms with Gasteiger partial charge in [0.05, 0.1) is 0 Å². The monoisotopic (exact) mass is 445 g/mol. The highest BCUT2D eigenvalue weighted by Gasteiger charge is 2.39. The number of hydrogen-bond donors (Lipinski definition) is 2. The van der Waals surface area contributed by atoms with E-state index in [1.54, 1.807) is 4.90 Å². The van der Waals surface area contributed by atoms with Crippen LogP contribution >= 0.6 is 0 Å². The van der Waals surface area contributed by atoms with Gasteiger partial charge in [-0.05, 0) is 67.2 Å². The first-order valence-corrected chi connectivity index (χ1v) is 12.1. The number of nitrogens with zero attached hydrogens (tertiary/aromatic N) is 1. The van der Waals surface area contributed by atoms with Crippen molar-refractivity contribution in [2.75, 3.05) is 0 Å². The van der Waals surface area contributed by atoms with Gasteiger partial charge in [-0.25, -0.2) is 0 Å². The first-order chi connectivity index (χ1) is 16.1. The summed E-state index contributed by atoms with van der Waals surface area (Å²) in [7, 11) is 0. The molecule has 172 valence electrons. The lowest BCUT2D eigenvalue weighted by molar-refractivity contribution is -0.136. The van der Waals surface area contributed by atoms with Crippen LogP contribution < -0.4 is 10.6 Å². The molecule has 0 radical (unpaired) electrons. The first kappa shape index (κ1) is 21.8. The molecule has 2 aromatic rings. The molecule has 0 spiro atoms. The Balaban J connectivity index is 1.13. The average Bonchev–Trinajstić information content (AvgIpc) is 3.15. The maximum Gasteiger partial charge on any atom is 0.255 e. The number of carbonyl (C=O) groups excluding carboxylic acids is 3. The van der Waals surface area contributed by atoms with Gasteiger partial charge in [-0.2, -0.15) is 0 Å². The van der Waals surface area contributed by atoms with Crippen molar-refractivity contribution in [2.24, 2.45) is 5.92 Å². The van der Waals surface area contributed by atoms with Gasteiger partial charge < -0.3 is 10.2 Å². The second-order valence-electron chi connectivity index (χ2n) is 9.68. The van der Waals surface area contributed by atoms with Gasteiger partial charge in [0.15, 0.2) is 0 Å². The Morgan fingerprint density at radius 3 is 2.45 bits per heavy atom. The number of benzene rings is 2. The van der Waals surface area contributed by atoms with Crippen LogP contribution in [0, 0.1) is 5.92 Å². The largest absolute Gasteiger partial charge is 0.322 e. The molecule has 6 nitrogen and oxygen atoms in total. The minimum Gasteiger partial charge on any atom is -0.322 e. The fourth-order valence-corrected chi connectivity index (χ4v) is 5.52. The molecule has 2 fully saturated rings. The summed E-state index contributed by atoms with van der Waals surface area (Å²) < 4.78 is 0. The van der Waals surface area contributed by atoms with Crippen molar-refractivity contribution in [1.82, 2.24) is 15.5 Å². The van der Waals surface area contributed by atoms with Gasteiger partial charge >= 0.3 is 0 Å². The molecular formula is C27H31N3O3. The van der Waals surface area contributed by atoms with Gasteiger partial charge in [-0.3, -0.25) is 19.7 Å². The van der Waals surface area contributed by atoms with E-state index < -0.39 is 6.04 Å². The summed E-state index contributed by atoms with van der Waals surface area (Å²) in [4.78, 5) is 38.1. The van der Waals surface area contributed by atoms with Crippen molar-refractivity contribution in [3.05, 3.63) is 70.8 Å². The van der Waals surface area contributed by atoms with Crippen molar-refractivity contribution < 1.29 is 14.4 Å². The van der Waals surface area contributed by atoms with E-state index in [9.17, 15) is 14.4 Å². The van der Waals surface area contributed by atoms with E-state index in [1.165, 1.54) is 37.7 Å². The Morgan fingerprint density at radius 2 is 1.70 bits per heavy atom. The summed E-state index contributed by atoms with van der Waals surface area (Å²) in [6, 6.07) is 16.7. The quantitative estimate of drug-likeness (QED) is 0.669. The van der Waals surface area contributed by atoms with Crippen molar-refractivity contribution in [1.29, 1.82) is 0 Å². The van der Waals surface area contributed by atoms with Crippen molar-refractivity contribution in [3.63, 3.8) is 0 Å². The molecule has 3 aliphatic rings. The van der Waals surface area contributed by atoms with Crippen LogP contribution in [-0.2, 0) is 29.1 Å². The standard InChI is InChI=1S/C27H31N3O3/c31-25-13-12-24(26(32)29-25)30-17-21-15-20(8-11-23(21)27(30)33)16-28-22-9-6-19(7-10-22)14-18-4-2-1-3-5-18/h1-5,8,11,15,19,22,24,28H,6-7,9-10,12-14,16-17H2,(H,29,31,32)/t19-,22-,24?. The summed E-state index contributed by atoms with van der Waals surface area (Å²) in [6.07, 6.45) is 6.76. The topological polar surface area (TPSA) is 78.5 Å². The maximum absolute atomic E-state index is 12.8. The molecular weight excluding hydrogens is 414 g/mol. The van der Waals surface area contributed by atoms with Gasteiger partial charge in [-0.1, -0.05) is 42.5 Å². The Labute approximate surface area is 194 Å². The molecule has 0 aromatic heterocycles. The number of fused-ring (bicyclic) bond motifs is 1. The van der Waals surface area contributed by atoms with Crippen LogP contribution in [0.25, 0.3) is 0 Å². The Bertz CT molecular complexity index is 1040. The maximum atomic E-state index is 12.8. The third kappa shape index (κ3) is 4.86. The van der Waals surface area contributed by atoms with Crippen LogP contribution in [0.4, 0.5) is 0 Å². The van der Waals surface area contributed by atoms with E-state index in [-0.39, 0.29) is 24.1 Å². The summed E-state index contributed by atoms with van der Waals surface area (Å²) >= 11 is 0. The molecule has 1 unspecified atom stereocenters. The Hall–Kier alpha value is -2.99. The highest BCUT2D eigenvalue weighted by Crippen LogP contribution is 2.30. The molecule has 33 heavy (non-hydrogen) atoms. The van der Waals surface area contributed by atoms with Gasteiger partial charge in [-0.15, -0.1) is 0 Å². The molecule has 1 saturated heterocycles. The average molecular weight is 446 g/mol. The fraction of sp³-hybridized carbons (Fsp3) is 0.444. The number of carbonyl (C=O) groups is 3. The molecule has 1 saturated carbocycles. The SMILES string of the molecule is O=C1CCC(N2Cc3cc(CN[C@H]4CC[C@H](Cc5ccccc5)CC4)ccc3C2=O)C(=O)N1. The lowest BCUT2D eigenvalue weighted by atomic mass is 9.82. The molecule has 2 heterocycles. The number of hydrogen-bond acceptors (Lipinski definition) is 4. The smallest absolute Gasteiger partial charge is 0.255 e. The normalized spacial score (nSPS) is 25.2. The van der Waals surface area contributed by atoms with Crippen molar-refractivity contribution in [3.8, 4) is 0 Å². The molecule has 0 bridgehead atoms. The third-order valence-electron chi connectivity index (χ3n) is 7.40. The van der Waals surface area contributed by atoms with Crippen LogP contribution in [0.15, 0.2) is 48.5 Å². The van der Waals surface area contributed by atoms with E-state index in [1.807, 2.05) is 12.1 Å². The number of amides is 3. The van der Waals surface area contributed by atoms with E-state index in [0.29, 0.717) is 24.6 Å². The lowest BCUT2D eigenvalue weighted by Gasteiger charge is -2.29. The fourth-order valence-electron chi connectivity index (χ4n) is 5.52. The minimum atomic E-state index is -0.560. The van der Waals surface area contributed by atoms with Crippen LogP contribution in [-0.4, -0.2) is 34.7 Å². The summed E-state index contributed by atoms with van der Waals surface area (Å²) in [5.41, 5.74) is 4.24. The Kier molecular flexibility index (Phi) is 6.27. The molecule has 2 N–H and O–H groups in total. The van der Waals surface area contributed by atoms with E-state index in [0.717, 1.165) is 23.6 Å². The predicted octanol–water partition coefficient (Wildman–Crippen LogP) is 3.34. The van der Waals surface area contributed by atoms with Crippen LogP contribution in [0.1, 0.15) is 65.6 Å². The van der Waals surface area contributed by atoms with E-state index in [4.69, 9.17) is 0 Å². The second-order valence-corrected chi connectivity index (χ2v) is 9.68. The van der Waals surface area contributed by atoms with Gasteiger partial charge in [0.25, 0.3) is 5.91 Å². The molecule has 2 aromatic carbocycles. The molecule has 5 rings (SSSR count). The predicted molar refractivity (Wildman–Crippen MR) is 125 cm³/mol. The Morgan fingerprint density at radius 1 is 0.909 bits per heavy atom. The number of nitrogens with one attached hydrogen (secondary N) is 2. The van der Waals surface area contributed by atoms with Crippen molar-refractivity contribution >= 4 is 17.7 Å². The van der Waals surface area contributed by atoms with E-state index >= 15 is 0 Å². The summed E-state index contributed by atoms with van der Waals surface area (Å²) in [6.45, 7) is 1.22. The van der Waals surface area contributed by atoms with Gasteiger partial charge in [0, 0.05) is 31.1 Å². The van der Waals surface area contributed by atoms with Crippen molar-refractivity contribution in [2.45, 2.75) is 70.1 Å². The highest BCUT2D eigenvalue weighted by molar-refractivity contribution is 6.05. The number of imide groups is 1. The molecule has 1 aliphatic carbocycles. The van der Waals surface area contributed by atoms with Crippen LogP contribution in [0.2, 0.25) is 0 Å². The van der Waals surface area contributed by atoms with E-state index in [2.05, 4.69) is 47.0 Å². The van der Waals surface area contributed by atoms with Gasteiger partial charge in [0.1, 0.15) is 6.04 Å². The minimum absolute atomic E-state index is 0.115. The zero-order valence-corrected chi connectivity index (χ0v) is 18.9. The first-order valence-electron chi connectivity index (χ1n) is 12.1. The summed E-state index contributed by atoms with van der Waals surface area (Å²) in [5.74, 6) is 0.0329. The lowest BCUT2D eigenvalue weighted by Crippen LogP contribution is -2.52. The van der Waals surface area contributed by atoms with Crippen LogP contribution in [0.3, 0.4) is 0 Å². The molecule has 3 amide bonds.